The number of carbonyl (C=O) groups excluding carboxylic acids is 3. The van der Waals surface area contributed by atoms with Gasteiger partial charge in [-0.2, -0.15) is 0 Å². The van der Waals surface area contributed by atoms with E-state index in [2.05, 4.69) is 10.0 Å². The summed E-state index contributed by atoms with van der Waals surface area (Å²) < 4.78 is 37.8. The van der Waals surface area contributed by atoms with Crippen molar-refractivity contribution in [2.24, 2.45) is 0 Å². The minimum Gasteiger partial charge on any atom is -0.468 e. The van der Waals surface area contributed by atoms with Crippen LogP contribution in [0.1, 0.15) is 28.6 Å². The smallest absolute Gasteiger partial charge is 0.339 e. The molecule has 1 aliphatic rings. The first-order valence-corrected chi connectivity index (χ1v) is 10.6. The fourth-order valence-electron chi connectivity index (χ4n) is 2.83. The van der Waals surface area contributed by atoms with Crippen LogP contribution in [0.4, 0.5) is 4.79 Å². The molecular weight excluding hydrogens is 414 g/mol. The van der Waals surface area contributed by atoms with Gasteiger partial charge in [-0.15, -0.1) is 0 Å². The second kappa shape index (κ2) is 8.67. The quantitative estimate of drug-likeness (QED) is 0.623. The first-order valence-electron chi connectivity index (χ1n) is 9.12. The van der Waals surface area contributed by atoms with Crippen LogP contribution in [0.15, 0.2) is 45.9 Å². The summed E-state index contributed by atoms with van der Waals surface area (Å²) in [6.07, 6.45) is 0.218. The molecule has 1 aromatic heterocycles. The maximum absolute atomic E-state index is 12.6. The van der Waals surface area contributed by atoms with E-state index in [0.717, 1.165) is 4.90 Å². The van der Waals surface area contributed by atoms with Crippen molar-refractivity contribution < 1.29 is 32.0 Å². The minimum absolute atomic E-state index is 0.00129. The molecule has 160 valence electrons. The number of esters is 1. The highest BCUT2D eigenvalue weighted by molar-refractivity contribution is 7.89. The summed E-state index contributed by atoms with van der Waals surface area (Å²) in [6, 6.07) is 6.73. The third-order valence-corrected chi connectivity index (χ3v) is 5.91. The molecule has 0 bridgehead atoms. The molecule has 1 aromatic carbocycles. The minimum atomic E-state index is -3.92. The highest BCUT2D eigenvalue weighted by Crippen LogP contribution is 2.18. The molecule has 2 aromatic rings. The van der Waals surface area contributed by atoms with Gasteiger partial charge in [-0.05, 0) is 43.7 Å². The fourth-order valence-corrected chi connectivity index (χ4v) is 3.85. The molecular formula is C19H21N3O7S. The van der Waals surface area contributed by atoms with Gasteiger partial charge in [0.25, 0.3) is 5.91 Å². The molecule has 1 fully saturated rings. The standard InChI is InChI=1S/C19H21N3O7S/c1-12-5-6-15(30(26,27)21-11-14-4-3-9-28-14)10-16(12)18(24)29-13(2)17(23)22-8-7-20-19(22)25/h3-6,9-10,13,21H,7-8,11H2,1-2H3,(H,20,25). The van der Waals surface area contributed by atoms with Gasteiger partial charge in [-0.1, -0.05) is 6.07 Å². The molecule has 10 nitrogen and oxygen atoms in total. The van der Waals surface area contributed by atoms with Gasteiger partial charge in [0, 0.05) is 13.1 Å². The summed E-state index contributed by atoms with van der Waals surface area (Å²) in [5.41, 5.74) is 0.477. The maximum Gasteiger partial charge on any atom is 0.339 e. The molecule has 0 saturated carbocycles. The van der Waals surface area contributed by atoms with E-state index in [-0.39, 0.29) is 23.5 Å². The number of rotatable bonds is 7. The number of urea groups is 1. The van der Waals surface area contributed by atoms with Crippen LogP contribution in [0.2, 0.25) is 0 Å². The summed E-state index contributed by atoms with van der Waals surface area (Å²) in [5.74, 6) is -1.08. The Morgan fingerprint density at radius 1 is 1.33 bits per heavy atom. The SMILES string of the molecule is Cc1ccc(S(=O)(=O)NCc2ccco2)cc1C(=O)OC(C)C(=O)N1CCNC1=O. The average Bonchev–Trinajstić information content (AvgIpc) is 3.37. The first-order chi connectivity index (χ1) is 14.2. The van der Waals surface area contributed by atoms with Gasteiger partial charge in [-0.3, -0.25) is 9.69 Å². The lowest BCUT2D eigenvalue weighted by Crippen LogP contribution is -2.41. The Balaban J connectivity index is 1.73. The van der Waals surface area contributed by atoms with Gasteiger partial charge in [0.05, 0.1) is 23.3 Å². The van der Waals surface area contributed by atoms with Crippen molar-refractivity contribution >= 4 is 27.9 Å². The summed E-state index contributed by atoms with van der Waals surface area (Å²) in [7, 11) is -3.92. The zero-order chi connectivity index (χ0) is 21.9. The van der Waals surface area contributed by atoms with E-state index < -0.39 is 34.0 Å². The van der Waals surface area contributed by atoms with Gasteiger partial charge in [0.15, 0.2) is 6.10 Å². The summed E-state index contributed by atoms with van der Waals surface area (Å²) in [4.78, 5) is 37.3. The number of nitrogens with zero attached hydrogens (tertiary/aromatic N) is 1. The Kier molecular flexibility index (Phi) is 6.22. The molecule has 0 spiro atoms. The molecule has 11 heteroatoms. The van der Waals surface area contributed by atoms with E-state index in [1.165, 1.54) is 31.4 Å². The van der Waals surface area contributed by atoms with Crippen LogP contribution in [0.3, 0.4) is 0 Å². The van der Waals surface area contributed by atoms with E-state index >= 15 is 0 Å². The van der Waals surface area contributed by atoms with E-state index in [0.29, 0.717) is 17.9 Å². The lowest BCUT2D eigenvalue weighted by molar-refractivity contribution is -0.136. The zero-order valence-electron chi connectivity index (χ0n) is 16.4. The third-order valence-electron chi connectivity index (χ3n) is 4.51. The Morgan fingerprint density at radius 3 is 2.73 bits per heavy atom. The lowest BCUT2D eigenvalue weighted by atomic mass is 10.1. The normalized spacial score (nSPS) is 15.0. The summed E-state index contributed by atoms with van der Waals surface area (Å²) >= 11 is 0. The summed E-state index contributed by atoms with van der Waals surface area (Å²) in [5, 5.41) is 2.49. The number of aryl methyl sites for hydroxylation is 1. The Hall–Kier alpha value is -3.18. The number of hydrogen-bond donors (Lipinski definition) is 2. The number of sulfonamides is 1. The number of amides is 3. The number of carbonyl (C=O) groups is 3. The predicted octanol–water partition coefficient (Wildman–Crippen LogP) is 1.16. The molecule has 1 aliphatic heterocycles. The van der Waals surface area contributed by atoms with Crippen LogP contribution in [-0.4, -0.2) is 50.4 Å². The predicted molar refractivity (Wildman–Crippen MR) is 104 cm³/mol. The molecule has 0 radical (unpaired) electrons. The van der Waals surface area contributed by atoms with Gasteiger partial charge in [-0.25, -0.2) is 22.7 Å². The van der Waals surface area contributed by atoms with Gasteiger partial charge in [0.1, 0.15) is 5.76 Å². The first kappa shape index (κ1) is 21.5. The molecule has 3 rings (SSSR count). The van der Waals surface area contributed by atoms with Gasteiger partial charge >= 0.3 is 12.0 Å². The van der Waals surface area contributed by atoms with Gasteiger partial charge < -0.3 is 14.5 Å². The zero-order valence-corrected chi connectivity index (χ0v) is 17.2. The number of furan rings is 1. The average molecular weight is 435 g/mol. The van der Waals surface area contributed by atoms with Crippen molar-refractivity contribution in [1.29, 1.82) is 0 Å². The van der Waals surface area contributed by atoms with Crippen LogP contribution < -0.4 is 10.0 Å². The van der Waals surface area contributed by atoms with E-state index in [1.54, 1.807) is 19.1 Å². The Labute approximate surface area is 173 Å². The van der Waals surface area contributed by atoms with Gasteiger partial charge in [0.2, 0.25) is 10.0 Å². The van der Waals surface area contributed by atoms with E-state index in [1.807, 2.05) is 0 Å². The van der Waals surface area contributed by atoms with Crippen molar-refractivity contribution in [2.45, 2.75) is 31.4 Å². The molecule has 2 N–H and O–H groups in total. The van der Waals surface area contributed by atoms with Crippen LogP contribution in [0, 0.1) is 6.92 Å². The molecule has 2 heterocycles. The third kappa shape index (κ3) is 4.69. The maximum atomic E-state index is 12.6. The van der Waals surface area contributed by atoms with Crippen LogP contribution in [-0.2, 0) is 26.1 Å². The lowest BCUT2D eigenvalue weighted by Gasteiger charge is -2.18. The van der Waals surface area contributed by atoms with Crippen molar-refractivity contribution in [3.8, 4) is 0 Å². The topological polar surface area (TPSA) is 135 Å². The highest BCUT2D eigenvalue weighted by atomic mass is 32.2. The van der Waals surface area contributed by atoms with Crippen LogP contribution in [0.25, 0.3) is 0 Å². The Morgan fingerprint density at radius 2 is 2.10 bits per heavy atom. The second-order valence-electron chi connectivity index (χ2n) is 6.65. The van der Waals surface area contributed by atoms with Crippen LogP contribution >= 0.6 is 0 Å². The van der Waals surface area contributed by atoms with Crippen molar-refractivity contribution in [3.05, 3.63) is 53.5 Å². The largest absolute Gasteiger partial charge is 0.468 e. The molecule has 3 amide bonds. The number of hydrogen-bond acceptors (Lipinski definition) is 7. The van der Waals surface area contributed by atoms with E-state index in [9.17, 15) is 22.8 Å². The van der Waals surface area contributed by atoms with Crippen molar-refractivity contribution in [1.82, 2.24) is 14.9 Å². The Bertz CT molecular complexity index is 1060. The number of ether oxygens (including phenoxy) is 1. The number of imide groups is 1. The molecule has 1 atom stereocenters. The number of nitrogens with one attached hydrogen (secondary N) is 2. The number of benzene rings is 1. The van der Waals surface area contributed by atoms with Crippen molar-refractivity contribution in [2.75, 3.05) is 13.1 Å². The molecule has 1 saturated heterocycles. The van der Waals surface area contributed by atoms with Crippen LogP contribution in [0.5, 0.6) is 0 Å². The second-order valence-corrected chi connectivity index (χ2v) is 8.42. The highest BCUT2D eigenvalue weighted by Gasteiger charge is 2.32. The molecule has 1 unspecified atom stereocenters. The van der Waals surface area contributed by atoms with E-state index in [4.69, 9.17) is 9.15 Å². The monoisotopic (exact) mass is 435 g/mol. The molecule has 30 heavy (non-hydrogen) atoms. The molecule has 0 aliphatic carbocycles. The fraction of sp³-hybridized carbons (Fsp3) is 0.316. The van der Waals surface area contributed by atoms with Crippen molar-refractivity contribution in [3.63, 3.8) is 0 Å². The summed E-state index contributed by atoms with van der Waals surface area (Å²) in [6.45, 7) is 3.44.